The minimum absolute atomic E-state index is 0.0613. The Balaban J connectivity index is 2.63. The standard InChI is InChI=1S/C11H21N3O5S/c1-11(9(15)16)5-3-4-7-14(11)10(17)13-6-8-20(18,19)12-2/h12H,3-8H2,1-2H3,(H,13,17)(H,15,16). The number of likely N-dealkylation sites (tertiary alicyclic amines) is 1. The van der Waals surface area contributed by atoms with Crippen LogP contribution in [0, 0.1) is 0 Å². The minimum atomic E-state index is -3.39. The molecule has 0 aromatic heterocycles. The molecule has 116 valence electrons. The molecule has 1 rings (SSSR count). The molecule has 0 aromatic carbocycles. The number of carboxylic acid groups (broad SMARTS) is 1. The van der Waals surface area contributed by atoms with Crippen LogP contribution in [0.4, 0.5) is 4.79 Å². The Morgan fingerprint density at radius 1 is 1.35 bits per heavy atom. The summed E-state index contributed by atoms with van der Waals surface area (Å²) in [6, 6.07) is -0.541. The lowest BCUT2D eigenvalue weighted by atomic mass is 9.89. The van der Waals surface area contributed by atoms with E-state index in [0.717, 1.165) is 12.8 Å². The molecule has 1 unspecified atom stereocenters. The van der Waals surface area contributed by atoms with E-state index in [2.05, 4.69) is 10.0 Å². The van der Waals surface area contributed by atoms with Crippen molar-refractivity contribution in [1.82, 2.24) is 14.9 Å². The van der Waals surface area contributed by atoms with Gasteiger partial charge in [-0.15, -0.1) is 0 Å². The van der Waals surface area contributed by atoms with Gasteiger partial charge >= 0.3 is 12.0 Å². The summed E-state index contributed by atoms with van der Waals surface area (Å²) in [4.78, 5) is 24.6. The van der Waals surface area contributed by atoms with E-state index in [1.807, 2.05) is 0 Å². The molecule has 1 aliphatic rings. The van der Waals surface area contributed by atoms with E-state index in [9.17, 15) is 23.1 Å². The van der Waals surface area contributed by atoms with Crippen molar-refractivity contribution in [1.29, 1.82) is 0 Å². The topological polar surface area (TPSA) is 116 Å². The molecule has 1 atom stereocenters. The van der Waals surface area contributed by atoms with E-state index in [1.54, 1.807) is 0 Å². The molecular weight excluding hydrogens is 286 g/mol. The highest BCUT2D eigenvalue weighted by molar-refractivity contribution is 7.89. The SMILES string of the molecule is CNS(=O)(=O)CCNC(=O)N1CCCCC1(C)C(=O)O. The largest absolute Gasteiger partial charge is 0.480 e. The van der Waals surface area contributed by atoms with E-state index in [-0.39, 0.29) is 12.3 Å². The Morgan fingerprint density at radius 3 is 2.55 bits per heavy atom. The van der Waals surface area contributed by atoms with Gasteiger partial charge in [0, 0.05) is 13.1 Å². The van der Waals surface area contributed by atoms with Crippen molar-refractivity contribution in [2.24, 2.45) is 0 Å². The second-order valence-corrected chi connectivity index (χ2v) is 6.99. The summed E-state index contributed by atoms with van der Waals surface area (Å²) >= 11 is 0. The number of piperidine rings is 1. The molecule has 1 aliphatic heterocycles. The van der Waals surface area contributed by atoms with Crippen molar-refractivity contribution >= 4 is 22.0 Å². The molecule has 3 N–H and O–H groups in total. The number of carboxylic acids is 1. The lowest BCUT2D eigenvalue weighted by molar-refractivity contribution is -0.150. The summed E-state index contributed by atoms with van der Waals surface area (Å²) < 4.78 is 24.6. The predicted molar refractivity (Wildman–Crippen MR) is 72.8 cm³/mol. The van der Waals surface area contributed by atoms with Gasteiger partial charge in [0.15, 0.2) is 0 Å². The molecule has 0 radical (unpaired) electrons. The molecule has 1 fully saturated rings. The predicted octanol–water partition coefficient (Wildman–Crippen LogP) is -0.426. The number of urea groups is 1. The molecular formula is C11H21N3O5S. The summed E-state index contributed by atoms with van der Waals surface area (Å²) in [7, 11) is -2.10. The van der Waals surface area contributed by atoms with Crippen LogP contribution in [0.25, 0.3) is 0 Å². The molecule has 20 heavy (non-hydrogen) atoms. The quantitative estimate of drug-likeness (QED) is 0.637. The Hall–Kier alpha value is -1.35. The summed E-state index contributed by atoms with van der Waals surface area (Å²) in [5.74, 6) is -1.29. The zero-order valence-corrected chi connectivity index (χ0v) is 12.5. The zero-order chi connectivity index (χ0) is 15.4. The monoisotopic (exact) mass is 307 g/mol. The number of nitrogens with one attached hydrogen (secondary N) is 2. The summed E-state index contributed by atoms with van der Waals surface area (Å²) in [6.45, 7) is 1.81. The van der Waals surface area contributed by atoms with Crippen molar-refractivity contribution in [2.75, 3.05) is 25.9 Å². The maximum Gasteiger partial charge on any atom is 0.329 e. The van der Waals surface area contributed by atoms with Crippen LogP contribution in [0.15, 0.2) is 0 Å². The van der Waals surface area contributed by atoms with Crippen LogP contribution in [0.2, 0.25) is 0 Å². The number of nitrogens with zero attached hydrogens (tertiary/aromatic N) is 1. The average molecular weight is 307 g/mol. The van der Waals surface area contributed by atoms with Crippen molar-refractivity contribution in [3.05, 3.63) is 0 Å². The van der Waals surface area contributed by atoms with Gasteiger partial charge in [0.2, 0.25) is 10.0 Å². The van der Waals surface area contributed by atoms with E-state index in [1.165, 1.54) is 18.9 Å². The van der Waals surface area contributed by atoms with Crippen LogP contribution < -0.4 is 10.0 Å². The first kappa shape index (κ1) is 16.7. The molecule has 0 saturated carbocycles. The van der Waals surface area contributed by atoms with E-state index in [0.29, 0.717) is 13.0 Å². The first-order valence-electron chi connectivity index (χ1n) is 6.43. The maximum atomic E-state index is 12.0. The van der Waals surface area contributed by atoms with Gasteiger partial charge in [-0.2, -0.15) is 0 Å². The highest BCUT2D eigenvalue weighted by atomic mass is 32.2. The van der Waals surface area contributed by atoms with Crippen molar-refractivity contribution < 1.29 is 23.1 Å². The molecule has 1 heterocycles. The van der Waals surface area contributed by atoms with Crippen LogP contribution in [-0.2, 0) is 14.8 Å². The van der Waals surface area contributed by atoms with Crippen LogP contribution in [-0.4, -0.2) is 61.9 Å². The van der Waals surface area contributed by atoms with Crippen molar-refractivity contribution in [3.63, 3.8) is 0 Å². The second-order valence-electron chi connectivity index (χ2n) is 4.94. The number of rotatable bonds is 5. The van der Waals surface area contributed by atoms with Gasteiger partial charge in [-0.1, -0.05) is 0 Å². The molecule has 0 aromatic rings. The Kier molecular flexibility index (Phi) is 5.35. The Morgan fingerprint density at radius 2 is 2.00 bits per heavy atom. The smallest absolute Gasteiger partial charge is 0.329 e. The molecule has 0 aliphatic carbocycles. The fourth-order valence-electron chi connectivity index (χ4n) is 2.16. The third-order valence-electron chi connectivity index (χ3n) is 3.55. The number of hydrogen-bond donors (Lipinski definition) is 3. The zero-order valence-electron chi connectivity index (χ0n) is 11.7. The normalized spacial score (nSPS) is 23.4. The van der Waals surface area contributed by atoms with Crippen molar-refractivity contribution in [3.8, 4) is 0 Å². The summed E-state index contributed by atoms with van der Waals surface area (Å²) in [6.07, 6.45) is 1.89. The Labute approximate surface area is 118 Å². The average Bonchev–Trinajstić information content (AvgIpc) is 2.38. The molecule has 2 amide bonds. The van der Waals surface area contributed by atoms with E-state index < -0.39 is 27.6 Å². The van der Waals surface area contributed by atoms with Crippen molar-refractivity contribution in [2.45, 2.75) is 31.7 Å². The summed E-state index contributed by atoms with van der Waals surface area (Å²) in [5.41, 5.74) is -1.23. The lowest BCUT2D eigenvalue weighted by Gasteiger charge is -2.41. The fourth-order valence-corrected chi connectivity index (χ4v) is 2.73. The number of carbonyl (C=O) groups is 2. The minimum Gasteiger partial charge on any atom is -0.480 e. The molecule has 9 heteroatoms. The number of amides is 2. The number of aliphatic carboxylic acids is 1. The van der Waals surface area contributed by atoms with Crippen LogP contribution in [0.5, 0.6) is 0 Å². The van der Waals surface area contributed by atoms with Gasteiger partial charge in [0.05, 0.1) is 5.75 Å². The van der Waals surface area contributed by atoms with E-state index in [4.69, 9.17) is 0 Å². The first-order chi connectivity index (χ1) is 9.23. The highest BCUT2D eigenvalue weighted by Gasteiger charge is 2.43. The molecule has 0 spiro atoms. The third-order valence-corrected chi connectivity index (χ3v) is 4.92. The van der Waals surface area contributed by atoms with Gasteiger partial charge in [0.25, 0.3) is 0 Å². The molecule has 1 saturated heterocycles. The van der Waals surface area contributed by atoms with Gasteiger partial charge in [-0.25, -0.2) is 22.7 Å². The van der Waals surface area contributed by atoms with E-state index >= 15 is 0 Å². The summed E-state index contributed by atoms with van der Waals surface area (Å²) in [5, 5.41) is 11.7. The molecule has 0 bridgehead atoms. The fraction of sp³-hybridized carbons (Fsp3) is 0.818. The second kappa shape index (κ2) is 6.40. The number of sulfonamides is 1. The van der Waals surface area contributed by atoms with Crippen LogP contribution in [0.1, 0.15) is 26.2 Å². The van der Waals surface area contributed by atoms with Gasteiger partial charge in [-0.05, 0) is 33.2 Å². The van der Waals surface area contributed by atoms with Gasteiger partial charge < -0.3 is 15.3 Å². The number of hydrogen-bond acceptors (Lipinski definition) is 4. The maximum absolute atomic E-state index is 12.0. The van der Waals surface area contributed by atoms with Crippen LogP contribution >= 0.6 is 0 Å². The number of carbonyl (C=O) groups excluding carboxylic acids is 1. The van der Waals surface area contributed by atoms with Gasteiger partial charge in [-0.3, -0.25) is 0 Å². The van der Waals surface area contributed by atoms with Gasteiger partial charge in [0.1, 0.15) is 5.54 Å². The third kappa shape index (κ3) is 3.83. The highest BCUT2D eigenvalue weighted by Crippen LogP contribution is 2.28. The van der Waals surface area contributed by atoms with Crippen LogP contribution in [0.3, 0.4) is 0 Å². The first-order valence-corrected chi connectivity index (χ1v) is 8.08. The Bertz CT molecular complexity index is 478. The molecule has 8 nitrogen and oxygen atoms in total. The lowest BCUT2D eigenvalue weighted by Crippen LogP contribution is -2.60.